The van der Waals surface area contributed by atoms with Crippen molar-refractivity contribution in [3.63, 3.8) is 0 Å². The Labute approximate surface area is 96.8 Å². The third-order valence-electron chi connectivity index (χ3n) is 3.31. The molecule has 0 heterocycles. The first-order chi connectivity index (χ1) is 6.97. The maximum absolute atomic E-state index is 11.8. The van der Waals surface area contributed by atoms with E-state index in [2.05, 4.69) is 0 Å². The molecule has 0 saturated heterocycles. The van der Waals surface area contributed by atoms with E-state index in [1.165, 1.54) is 4.31 Å². The number of nitrogens with zero attached hydrogens (tertiary/aromatic N) is 1. The standard InChI is InChI=1S/C10H18ClNO2S/c1-12(6-9-4-10(11)5-9)15(13,14)7-8-2-3-8/h8-10H,2-7H2,1H3. The predicted molar refractivity (Wildman–Crippen MR) is 61.5 cm³/mol. The van der Waals surface area contributed by atoms with E-state index in [-0.39, 0.29) is 5.38 Å². The van der Waals surface area contributed by atoms with Crippen LogP contribution >= 0.6 is 11.6 Å². The van der Waals surface area contributed by atoms with Crippen LogP contribution in [0.5, 0.6) is 0 Å². The first-order valence-corrected chi connectivity index (χ1v) is 7.60. The van der Waals surface area contributed by atoms with E-state index in [1.807, 2.05) is 0 Å². The Morgan fingerprint density at radius 3 is 2.33 bits per heavy atom. The molecule has 0 aromatic heterocycles. The molecule has 0 bridgehead atoms. The fraction of sp³-hybridized carbons (Fsp3) is 1.00. The summed E-state index contributed by atoms with van der Waals surface area (Å²) < 4.78 is 25.2. The molecule has 15 heavy (non-hydrogen) atoms. The van der Waals surface area contributed by atoms with Crippen LogP contribution in [-0.4, -0.2) is 37.4 Å². The first kappa shape index (κ1) is 11.7. The molecule has 0 aliphatic heterocycles. The van der Waals surface area contributed by atoms with Gasteiger partial charge in [-0.25, -0.2) is 12.7 Å². The van der Waals surface area contributed by atoms with Crippen LogP contribution in [0.1, 0.15) is 25.7 Å². The van der Waals surface area contributed by atoms with Crippen molar-refractivity contribution in [2.45, 2.75) is 31.1 Å². The zero-order valence-corrected chi connectivity index (χ0v) is 10.6. The summed E-state index contributed by atoms with van der Waals surface area (Å²) in [4.78, 5) is 0. The highest BCUT2D eigenvalue weighted by atomic mass is 35.5. The summed E-state index contributed by atoms with van der Waals surface area (Å²) >= 11 is 5.87. The van der Waals surface area contributed by atoms with Crippen LogP contribution in [0.15, 0.2) is 0 Å². The summed E-state index contributed by atoms with van der Waals surface area (Å²) in [7, 11) is -1.30. The second kappa shape index (κ2) is 4.22. The lowest BCUT2D eigenvalue weighted by Crippen LogP contribution is -2.39. The summed E-state index contributed by atoms with van der Waals surface area (Å²) in [6.45, 7) is 0.651. The summed E-state index contributed by atoms with van der Waals surface area (Å²) in [5.74, 6) is 1.26. The van der Waals surface area contributed by atoms with Gasteiger partial charge in [-0.15, -0.1) is 11.6 Å². The largest absolute Gasteiger partial charge is 0.214 e. The van der Waals surface area contributed by atoms with Gasteiger partial charge in [-0.3, -0.25) is 0 Å². The number of hydrogen-bond donors (Lipinski definition) is 0. The van der Waals surface area contributed by atoms with E-state index < -0.39 is 10.0 Å². The number of halogens is 1. The van der Waals surface area contributed by atoms with E-state index in [1.54, 1.807) is 7.05 Å². The van der Waals surface area contributed by atoms with Crippen molar-refractivity contribution in [2.75, 3.05) is 19.3 Å². The van der Waals surface area contributed by atoms with Crippen molar-refractivity contribution in [1.29, 1.82) is 0 Å². The minimum absolute atomic E-state index is 0.273. The maximum Gasteiger partial charge on any atom is 0.214 e. The van der Waals surface area contributed by atoms with Gasteiger partial charge in [0.25, 0.3) is 0 Å². The van der Waals surface area contributed by atoms with Crippen molar-refractivity contribution in [2.24, 2.45) is 11.8 Å². The Morgan fingerprint density at radius 2 is 1.87 bits per heavy atom. The molecule has 88 valence electrons. The molecule has 0 unspecified atom stereocenters. The highest BCUT2D eigenvalue weighted by Gasteiger charge is 2.34. The molecule has 2 aliphatic rings. The van der Waals surface area contributed by atoms with Crippen molar-refractivity contribution in [3.05, 3.63) is 0 Å². The van der Waals surface area contributed by atoms with Gasteiger partial charge >= 0.3 is 0 Å². The van der Waals surface area contributed by atoms with Gasteiger partial charge in [0.15, 0.2) is 0 Å². The van der Waals surface area contributed by atoms with E-state index in [0.29, 0.717) is 24.1 Å². The van der Waals surface area contributed by atoms with Gasteiger partial charge in [0.05, 0.1) is 5.75 Å². The second-order valence-corrected chi connectivity index (χ2v) is 7.67. The molecule has 0 radical (unpaired) electrons. The maximum atomic E-state index is 11.8. The molecule has 0 atom stereocenters. The van der Waals surface area contributed by atoms with E-state index in [4.69, 9.17) is 11.6 Å². The van der Waals surface area contributed by atoms with Crippen LogP contribution in [0.4, 0.5) is 0 Å². The molecule has 0 aromatic rings. The number of rotatable bonds is 5. The normalized spacial score (nSPS) is 31.7. The smallest absolute Gasteiger partial charge is 0.212 e. The van der Waals surface area contributed by atoms with Crippen LogP contribution in [0.3, 0.4) is 0 Å². The van der Waals surface area contributed by atoms with Crippen LogP contribution in [-0.2, 0) is 10.0 Å². The zero-order chi connectivity index (χ0) is 11.1. The Morgan fingerprint density at radius 1 is 1.27 bits per heavy atom. The lowest BCUT2D eigenvalue weighted by molar-refractivity contribution is 0.268. The van der Waals surface area contributed by atoms with Gasteiger partial charge in [-0.1, -0.05) is 0 Å². The molecular formula is C10H18ClNO2S. The molecular weight excluding hydrogens is 234 g/mol. The van der Waals surface area contributed by atoms with Crippen molar-refractivity contribution >= 4 is 21.6 Å². The Bertz CT molecular complexity index is 320. The SMILES string of the molecule is CN(CC1CC(Cl)C1)S(=O)(=O)CC1CC1. The number of alkyl halides is 1. The van der Waals surface area contributed by atoms with Crippen LogP contribution in [0.25, 0.3) is 0 Å². The third kappa shape index (κ3) is 3.08. The van der Waals surface area contributed by atoms with Gasteiger partial charge in [0, 0.05) is 19.0 Å². The average Bonchev–Trinajstić information content (AvgIpc) is 2.84. The summed E-state index contributed by atoms with van der Waals surface area (Å²) in [5, 5.41) is 0.273. The summed E-state index contributed by atoms with van der Waals surface area (Å²) in [5.41, 5.74) is 0. The van der Waals surface area contributed by atoms with Gasteiger partial charge in [0.2, 0.25) is 10.0 Å². The fourth-order valence-electron chi connectivity index (χ4n) is 1.99. The first-order valence-electron chi connectivity index (χ1n) is 5.55. The zero-order valence-electron chi connectivity index (χ0n) is 9.02. The minimum atomic E-state index is -3.00. The molecule has 0 N–H and O–H groups in total. The van der Waals surface area contributed by atoms with Gasteiger partial charge in [-0.2, -0.15) is 0 Å². The van der Waals surface area contributed by atoms with Crippen LogP contribution in [0, 0.1) is 11.8 Å². The van der Waals surface area contributed by atoms with E-state index in [9.17, 15) is 8.42 Å². The molecule has 0 amide bonds. The van der Waals surface area contributed by atoms with Crippen molar-refractivity contribution < 1.29 is 8.42 Å². The van der Waals surface area contributed by atoms with Gasteiger partial charge < -0.3 is 0 Å². The van der Waals surface area contributed by atoms with Crippen LogP contribution in [0.2, 0.25) is 0 Å². The quantitative estimate of drug-likeness (QED) is 0.698. The van der Waals surface area contributed by atoms with Gasteiger partial charge in [-0.05, 0) is 37.5 Å². The average molecular weight is 252 g/mol. The number of hydrogen-bond acceptors (Lipinski definition) is 2. The van der Waals surface area contributed by atoms with Crippen molar-refractivity contribution in [1.82, 2.24) is 4.31 Å². The fourth-order valence-corrected chi connectivity index (χ4v) is 4.12. The monoisotopic (exact) mass is 251 g/mol. The highest BCUT2D eigenvalue weighted by molar-refractivity contribution is 7.89. The molecule has 3 nitrogen and oxygen atoms in total. The summed E-state index contributed by atoms with van der Waals surface area (Å²) in [6.07, 6.45) is 4.09. The second-order valence-electron chi connectivity index (χ2n) is 4.94. The highest BCUT2D eigenvalue weighted by Crippen LogP contribution is 2.34. The van der Waals surface area contributed by atoms with Gasteiger partial charge in [0.1, 0.15) is 0 Å². The molecule has 0 spiro atoms. The van der Waals surface area contributed by atoms with Crippen molar-refractivity contribution in [3.8, 4) is 0 Å². The Hall–Kier alpha value is 0.200. The Kier molecular flexibility index (Phi) is 3.29. The molecule has 2 saturated carbocycles. The molecule has 0 aromatic carbocycles. The number of sulfonamides is 1. The lowest BCUT2D eigenvalue weighted by Gasteiger charge is -2.33. The lowest BCUT2D eigenvalue weighted by atomic mass is 9.85. The summed E-state index contributed by atoms with van der Waals surface area (Å²) in [6, 6.07) is 0. The van der Waals surface area contributed by atoms with E-state index >= 15 is 0 Å². The molecule has 2 rings (SSSR count). The molecule has 5 heteroatoms. The topological polar surface area (TPSA) is 37.4 Å². The minimum Gasteiger partial charge on any atom is -0.212 e. The molecule has 2 fully saturated rings. The third-order valence-corrected chi connectivity index (χ3v) is 5.66. The molecule has 2 aliphatic carbocycles. The van der Waals surface area contributed by atoms with Crippen LogP contribution < -0.4 is 0 Å². The Balaban J connectivity index is 1.80. The predicted octanol–water partition coefficient (Wildman–Crippen LogP) is 1.68. The van der Waals surface area contributed by atoms with E-state index in [0.717, 1.165) is 25.7 Å².